The average Bonchev–Trinajstić information content (AvgIpc) is 2.68. The Labute approximate surface area is 105 Å². The quantitative estimate of drug-likeness (QED) is 0.705. The van der Waals surface area contributed by atoms with E-state index in [4.69, 9.17) is 5.26 Å². The Morgan fingerprint density at radius 3 is 3.00 bits per heavy atom. The first-order valence-corrected chi connectivity index (χ1v) is 6.76. The zero-order valence-electron chi connectivity index (χ0n) is 10.1. The highest BCUT2D eigenvalue weighted by atomic mass is 32.1. The van der Waals surface area contributed by atoms with Gasteiger partial charge in [0.25, 0.3) is 0 Å². The summed E-state index contributed by atoms with van der Waals surface area (Å²) >= 11 is 1.50. The summed E-state index contributed by atoms with van der Waals surface area (Å²) in [5, 5.41) is 9.47. The van der Waals surface area contributed by atoms with Crippen LogP contribution in [0.3, 0.4) is 0 Å². The zero-order chi connectivity index (χ0) is 12.0. The van der Waals surface area contributed by atoms with Gasteiger partial charge in [0.1, 0.15) is 6.07 Å². The van der Waals surface area contributed by atoms with E-state index in [0.717, 1.165) is 16.6 Å². The molecule has 0 saturated heterocycles. The molecule has 0 N–H and O–H groups in total. The van der Waals surface area contributed by atoms with Crippen LogP contribution in [0.5, 0.6) is 0 Å². The van der Waals surface area contributed by atoms with Crippen molar-refractivity contribution < 1.29 is 0 Å². The molecule has 1 aliphatic carbocycles. The molecule has 1 aromatic carbocycles. The third-order valence-electron chi connectivity index (χ3n) is 3.69. The van der Waals surface area contributed by atoms with Gasteiger partial charge in [-0.25, -0.2) is 4.98 Å². The van der Waals surface area contributed by atoms with Crippen molar-refractivity contribution in [2.45, 2.75) is 38.5 Å². The fraction of sp³-hybridized carbons (Fsp3) is 0.429. The Bertz CT molecular complexity index is 631. The van der Waals surface area contributed by atoms with E-state index in [1.807, 2.05) is 0 Å². The zero-order valence-corrected chi connectivity index (χ0v) is 10.9. The Hall–Kier alpha value is -1.40. The molecular formula is C14H14N2S. The highest BCUT2D eigenvalue weighted by molar-refractivity contribution is 7.19. The number of hydrogen-bond donors (Lipinski definition) is 0. The van der Waals surface area contributed by atoms with Crippen molar-refractivity contribution in [1.29, 1.82) is 5.26 Å². The van der Waals surface area contributed by atoms with Crippen molar-refractivity contribution in [3.63, 3.8) is 0 Å². The minimum Gasteiger partial charge on any atom is -0.226 e. The summed E-state index contributed by atoms with van der Waals surface area (Å²) in [6.07, 6.45) is 3.66. The Balaban J connectivity index is 2.27. The number of thiazole rings is 1. The lowest BCUT2D eigenvalue weighted by Gasteiger charge is -2.32. The maximum atomic E-state index is 8.90. The van der Waals surface area contributed by atoms with Gasteiger partial charge in [-0.05, 0) is 47.9 Å². The molecule has 0 spiro atoms. The first-order chi connectivity index (χ1) is 8.10. The Kier molecular flexibility index (Phi) is 2.24. The SMILES string of the molecule is CC1(C)CCCc2cc3sc(C#N)nc3cc21. The summed E-state index contributed by atoms with van der Waals surface area (Å²) in [6.45, 7) is 4.60. The molecule has 0 aliphatic heterocycles. The van der Waals surface area contributed by atoms with Crippen molar-refractivity contribution in [2.75, 3.05) is 0 Å². The number of nitriles is 1. The highest BCUT2D eigenvalue weighted by Crippen LogP contribution is 2.39. The van der Waals surface area contributed by atoms with Crippen LogP contribution in [0.2, 0.25) is 0 Å². The predicted octanol–water partition coefficient (Wildman–Crippen LogP) is 3.78. The van der Waals surface area contributed by atoms with Gasteiger partial charge < -0.3 is 0 Å². The number of benzene rings is 1. The van der Waals surface area contributed by atoms with Gasteiger partial charge in [0.15, 0.2) is 5.01 Å². The van der Waals surface area contributed by atoms with E-state index in [9.17, 15) is 0 Å². The lowest BCUT2D eigenvalue weighted by Crippen LogP contribution is -2.23. The summed E-state index contributed by atoms with van der Waals surface area (Å²) in [6, 6.07) is 6.57. The monoisotopic (exact) mass is 242 g/mol. The number of aromatic nitrogens is 1. The lowest BCUT2D eigenvalue weighted by atomic mass is 9.73. The fourth-order valence-electron chi connectivity index (χ4n) is 2.76. The van der Waals surface area contributed by atoms with Gasteiger partial charge in [-0.3, -0.25) is 0 Å². The highest BCUT2D eigenvalue weighted by Gasteiger charge is 2.28. The minimum atomic E-state index is 0.248. The largest absolute Gasteiger partial charge is 0.226 e. The maximum Gasteiger partial charge on any atom is 0.195 e. The van der Waals surface area contributed by atoms with Crippen LogP contribution in [-0.2, 0) is 11.8 Å². The molecule has 86 valence electrons. The summed E-state index contributed by atoms with van der Waals surface area (Å²) in [5.41, 5.74) is 4.10. The smallest absolute Gasteiger partial charge is 0.195 e. The molecule has 0 saturated carbocycles. The third kappa shape index (κ3) is 1.64. The molecule has 17 heavy (non-hydrogen) atoms. The molecule has 3 rings (SSSR count). The number of aryl methyl sites for hydroxylation is 1. The third-order valence-corrected chi connectivity index (χ3v) is 4.61. The van der Waals surface area contributed by atoms with Crippen LogP contribution < -0.4 is 0 Å². The standard InChI is InChI=1S/C14H14N2S/c1-14(2)5-3-4-9-6-12-11(7-10(9)14)16-13(8-15)17-12/h6-7H,3-5H2,1-2H3. The Morgan fingerprint density at radius 1 is 1.41 bits per heavy atom. The number of nitrogens with zero attached hydrogens (tertiary/aromatic N) is 2. The second kappa shape index (κ2) is 3.54. The summed E-state index contributed by atoms with van der Waals surface area (Å²) < 4.78 is 1.15. The minimum absolute atomic E-state index is 0.248. The molecule has 0 atom stereocenters. The first kappa shape index (κ1) is 10.7. The molecule has 0 radical (unpaired) electrons. The van der Waals surface area contributed by atoms with Crippen LogP contribution in [0, 0.1) is 11.3 Å². The molecule has 2 aromatic rings. The average molecular weight is 242 g/mol. The van der Waals surface area contributed by atoms with Crippen molar-refractivity contribution >= 4 is 21.6 Å². The molecule has 1 aliphatic rings. The van der Waals surface area contributed by atoms with Crippen molar-refractivity contribution in [2.24, 2.45) is 0 Å². The van der Waals surface area contributed by atoms with Crippen LogP contribution in [0.25, 0.3) is 10.2 Å². The first-order valence-electron chi connectivity index (χ1n) is 5.94. The molecule has 0 unspecified atom stereocenters. The maximum absolute atomic E-state index is 8.90. The summed E-state index contributed by atoms with van der Waals surface area (Å²) in [7, 11) is 0. The van der Waals surface area contributed by atoms with Gasteiger partial charge in [-0.2, -0.15) is 5.26 Å². The molecule has 0 bridgehead atoms. The van der Waals surface area contributed by atoms with Crippen LogP contribution in [-0.4, -0.2) is 4.98 Å². The van der Waals surface area contributed by atoms with Crippen LogP contribution in [0.15, 0.2) is 12.1 Å². The van der Waals surface area contributed by atoms with Crippen LogP contribution in [0.1, 0.15) is 42.8 Å². The van der Waals surface area contributed by atoms with Gasteiger partial charge in [0.2, 0.25) is 0 Å². The fourth-order valence-corrected chi connectivity index (χ4v) is 3.56. The molecule has 2 nitrogen and oxygen atoms in total. The lowest BCUT2D eigenvalue weighted by molar-refractivity contribution is 0.432. The predicted molar refractivity (Wildman–Crippen MR) is 70.3 cm³/mol. The number of fused-ring (bicyclic) bond motifs is 2. The van der Waals surface area contributed by atoms with Gasteiger partial charge in [-0.1, -0.05) is 13.8 Å². The molecule has 1 aromatic heterocycles. The number of hydrogen-bond acceptors (Lipinski definition) is 3. The number of rotatable bonds is 0. The molecule has 0 amide bonds. The van der Waals surface area contributed by atoms with Gasteiger partial charge in [0, 0.05) is 0 Å². The molecule has 1 heterocycles. The second-order valence-corrected chi connectivity index (χ2v) is 6.38. The van der Waals surface area contributed by atoms with E-state index in [1.54, 1.807) is 0 Å². The van der Waals surface area contributed by atoms with E-state index in [1.165, 1.54) is 35.3 Å². The van der Waals surface area contributed by atoms with Gasteiger partial charge >= 0.3 is 0 Å². The Morgan fingerprint density at radius 2 is 2.24 bits per heavy atom. The van der Waals surface area contributed by atoms with Gasteiger partial charge in [0.05, 0.1) is 10.2 Å². The van der Waals surface area contributed by atoms with Crippen molar-refractivity contribution in [1.82, 2.24) is 4.98 Å². The van der Waals surface area contributed by atoms with E-state index in [0.29, 0.717) is 5.01 Å². The van der Waals surface area contributed by atoms with Crippen LogP contribution >= 0.6 is 11.3 Å². The van der Waals surface area contributed by atoms with Crippen molar-refractivity contribution in [3.8, 4) is 6.07 Å². The summed E-state index contributed by atoms with van der Waals surface area (Å²) in [5.74, 6) is 0. The molecular weight excluding hydrogens is 228 g/mol. The van der Waals surface area contributed by atoms with Crippen LogP contribution in [0.4, 0.5) is 0 Å². The van der Waals surface area contributed by atoms with E-state index < -0.39 is 0 Å². The summed E-state index contributed by atoms with van der Waals surface area (Å²) in [4.78, 5) is 4.36. The topological polar surface area (TPSA) is 36.7 Å². The molecule has 3 heteroatoms. The van der Waals surface area contributed by atoms with E-state index >= 15 is 0 Å². The second-order valence-electron chi connectivity index (χ2n) is 5.35. The van der Waals surface area contributed by atoms with E-state index in [-0.39, 0.29) is 5.41 Å². The normalized spacial score (nSPS) is 17.7. The molecule has 0 fully saturated rings. The van der Waals surface area contributed by atoms with Gasteiger partial charge in [-0.15, -0.1) is 11.3 Å². The van der Waals surface area contributed by atoms with Crippen molar-refractivity contribution in [3.05, 3.63) is 28.3 Å². The van der Waals surface area contributed by atoms with E-state index in [2.05, 4.69) is 37.0 Å².